The predicted octanol–water partition coefficient (Wildman–Crippen LogP) is 0.667. The number of hydrogen-bond donors (Lipinski definition) is 1. The highest BCUT2D eigenvalue weighted by atomic mass is 79.9. The molecule has 84 valence electrons. The summed E-state index contributed by atoms with van der Waals surface area (Å²) in [6.45, 7) is 3.88. The lowest BCUT2D eigenvalue weighted by Crippen LogP contribution is -2.39. The second-order valence-electron chi connectivity index (χ2n) is 3.67. The van der Waals surface area contributed by atoms with Gasteiger partial charge in [0.05, 0.1) is 0 Å². The molecule has 0 aliphatic heterocycles. The van der Waals surface area contributed by atoms with Gasteiger partial charge < -0.3 is 5.32 Å². The lowest BCUT2D eigenvalue weighted by Gasteiger charge is -2.16. The third kappa shape index (κ3) is 2.14. The summed E-state index contributed by atoms with van der Waals surface area (Å²) in [4.78, 5) is 23.2. The molecule has 1 aromatic rings. The molecule has 0 amide bonds. The van der Waals surface area contributed by atoms with Gasteiger partial charge in [0.1, 0.15) is 10.3 Å². The Morgan fingerprint density at radius 1 is 1.20 bits per heavy atom. The van der Waals surface area contributed by atoms with Crippen LogP contribution >= 0.6 is 15.9 Å². The van der Waals surface area contributed by atoms with Crippen LogP contribution in [0.1, 0.15) is 13.8 Å². The van der Waals surface area contributed by atoms with Gasteiger partial charge in [-0.1, -0.05) is 0 Å². The maximum atomic E-state index is 11.6. The van der Waals surface area contributed by atoms with Crippen LogP contribution < -0.4 is 16.6 Å². The van der Waals surface area contributed by atoms with E-state index in [0.717, 1.165) is 4.57 Å². The van der Waals surface area contributed by atoms with Crippen LogP contribution in [0.2, 0.25) is 0 Å². The number of nitrogens with one attached hydrogen (secondary N) is 1. The third-order valence-corrected chi connectivity index (χ3v) is 2.75. The van der Waals surface area contributed by atoms with E-state index >= 15 is 0 Å². The highest BCUT2D eigenvalue weighted by Gasteiger charge is 2.13. The largest absolute Gasteiger partial charge is 0.368 e. The van der Waals surface area contributed by atoms with Gasteiger partial charge in [-0.25, -0.2) is 4.79 Å². The molecule has 0 saturated heterocycles. The van der Waals surface area contributed by atoms with Crippen molar-refractivity contribution in [1.82, 2.24) is 9.13 Å². The molecule has 0 atom stereocenters. The monoisotopic (exact) mass is 275 g/mol. The summed E-state index contributed by atoms with van der Waals surface area (Å²) in [5.74, 6) is 0.512. The molecule has 1 rings (SSSR count). The summed E-state index contributed by atoms with van der Waals surface area (Å²) in [6, 6.07) is 0.152. The molecule has 0 spiro atoms. The van der Waals surface area contributed by atoms with Crippen molar-refractivity contribution in [3.05, 3.63) is 25.3 Å². The molecule has 0 radical (unpaired) electrons. The van der Waals surface area contributed by atoms with Gasteiger partial charge in [0.15, 0.2) is 0 Å². The maximum Gasteiger partial charge on any atom is 0.332 e. The fourth-order valence-corrected chi connectivity index (χ4v) is 1.88. The fraction of sp³-hybridized carbons (Fsp3) is 0.556. The Hall–Kier alpha value is -1.04. The van der Waals surface area contributed by atoms with Crippen LogP contribution in [-0.4, -0.2) is 15.2 Å². The van der Waals surface area contributed by atoms with Gasteiger partial charge in [0.2, 0.25) is 0 Å². The Morgan fingerprint density at radius 2 is 1.73 bits per heavy atom. The van der Waals surface area contributed by atoms with Gasteiger partial charge >= 0.3 is 5.69 Å². The standard InChI is InChI=1S/C9H14BrN3O2/c1-5(2)11-7-6(10)8(14)13(4)9(15)12(7)3/h5,11H,1-4H3. The molecular weight excluding hydrogens is 262 g/mol. The Morgan fingerprint density at radius 3 is 2.20 bits per heavy atom. The summed E-state index contributed by atoms with van der Waals surface area (Å²) in [7, 11) is 3.08. The molecule has 5 nitrogen and oxygen atoms in total. The average molecular weight is 276 g/mol. The molecule has 0 saturated carbocycles. The normalized spacial score (nSPS) is 10.8. The second-order valence-corrected chi connectivity index (χ2v) is 4.46. The van der Waals surface area contributed by atoms with Crippen molar-refractivity contribution in [3.8, 4) is 0 Å². The Labute approximate surface area is 95.9 Å². The summed E-state index contributed by atoms with van der Waals surface area (Å²) < 4.78 is 2.85. The van der Waals surface area contributed by atoms with Crippen LogP contribution in [0.25, 0.3) is 0 Å². The summed E-state index contributed by atoms with van der Waals surface area (Å²) in [5, 5.41) is 3.05. The van der Waals surface area contributed by atoms with Gasteiger partial charge in [-0.15, -0.1) is 0 Å². The molecule has 15 heavy (non-hydrogen) atoms. The molecule has 1 N–H and O–H groups in total. The van der Waals surface area contributed by atoms with Crippen molar-refractivity contribution in [2.24, 2.45) is 14.1 Å². The minimum atomic E-state index is -0.341. The zero-order valence-corrected chi connectivity index (χ0v) is 10.8. The van der Waals surface area contributed by atoms with E-state index in [0.29, 0.717) is 10.3 Å². The molecule has 0 aliphatic carbocycles. The topological polar surface area (TPSA) is 56.0 Å². The fourth-order valence-electron chi connectivity index (χ4n) is 1.24. The molecular formula is C9H14BrN3O2. The van der Waals surface area contributed by atoms with E-state index in [-0.39, 0.29) is 17.3 Å². The number of nitrogens with zero attached hydrogens (tertiary/aromatic N) is 2. The minimum Gasteiger partial charge on any atom is -0.368 e. The van der Waals surface area contributed by atoms with Gasteiger partial charge in [0.25, 0.3) is 5.56 Å². The van der Waals surface area contributed by atoms with Crippen molar-refractivity contribution < 1.29 is 0 Å². The number of hydrogen-bond acceptors (Lipinski definition) is 3. The molecule has 1 aromatic heterocycles. The lowest BCUT2D eigenvalue weighted by molar-refractivity contribution is 0.677. The maximum absolute atomic E-state index is 11.6. The zero-order chi connectivity index (χ0) is 11.7. The van der Waals surface area contributed by atoms with Gasteiger partial charge in [-0.05, 0) is 29.8 Å². The molecule has 0 aliphatic rings. The van der Waals surface area contributed by atoms with E-state index in [1.54, 1.807) is 7.05 Å². The first-order valence-electron chi connectivity index (χ1n) is 4.58. The molecule has 6 heteroatoms. The van der Waals surface area contributed by atoms with E-state index in [1.165, 1.54) is 11.6 Å². The van der Waals surface area contributed by atoms with Crippen molar-refractivity contribution in [3.63, 3.8) is 0 Å². The molecule has 0 unspecified atom stereocenters. The van der Waals surface area contributed by atoms with E-state index < -0.39 is 0 Å². The number of rotatable bonds is 2. The van der Waals surface area contributed by atoms with Crippen LogP contribution in [0.5, 0.6) is 0 Å². The van der Waals surface area contributed by atoms with Crippen LogP contribution in [0.15, 0.2) is 14.1 Å². The first kappa shape index (κ1) is 12.0. The van der Waals surface area contributed by atoms with E-state index in [9.17, 15) is 9.59 Å². The molecule has 0 aromatic carbocycles. The van der Waals surface area contributed by atoms with Gasteiger partial charge in [0, 0.05) is 20.1 Å². The third-order valence-electron chi connectivity index (χ3n) is 2.03. The van der Waals surface area contributed by atoms with Crippen molar-refractivity contribution in [2.75, 3.05) is 5.32 Å². The van der Waals surface area contributed by atoms with Crippen molar-refractivity contribution in [1.29, 1.82) is 0 Å². The number of halogens is 1. The first-order valence-corrected chi connectivity index (χ1v) is 5.37. The molecule has 0 bridgehead atoms. The number of anilines is 1. The highest BCUT2D eigenvalue weighted by Crippen LogP contribution is 2.15. The molecule has 1 heterocycles. The van der Waals surface area contributed by atoms with Crippen LogP contribution in [0.3, 0.4) is 0 Å². The Bertz CT molecular complexity index is 450. The summed E-state index contributed by atoms with van der Waals surface area (Å²) >= 11 is 3.19. The summed E-state index contributed by atoms with van der Waals surface area (Å²) in [5.41, 5.74) is -0.674. The van der Waals surface area contributed by atoms with E-state index in [1.807, 2.05) is 13.8 Å². The zero-order valence-electron chi connectivity index (χ0n) is 9.17. The van der Waals surface area contributed by atoms with E-state index in [4.69, 9.17) is 0 Å². The lowest BCUT2D eigenvalue weighted by atomic mass is 10.4. The first-order chi connectivity index (χ1) is 6.86. The summed E-state index contributed by atoms with van der Waals surface area (Å²) in [6.07, 6.45) is 0. The van der Waals surface area contributed by atoms with Crippen LogP contribution in [0.4, 0.5) is 5.82 Å². The smallest absolute Gasteiger partial charge is 0.332 e. The van der Waals surface area contributed by atoms with Gasteiger partial charge in [-0.3, -0.25) is 13.9 Å². The Kier molecular flexibility index (Phi) is 3.38. The van der Waals surface area contributed by atoms with Gasteiger partial charge in [-0.2, -0.15) is 0 Å². The van der Waals surface area contributed by atoms with Crippen LogP contribution in [0, 0.1) is 0 Å². The van der Waals surface area contributed by atoms with E-state index in [2.05, 4.69) is 21.2 Å². The average Bonchev–Trinajstić information content (AvgIpc) is 2.18. The van der Waals surface area contributed by atoms with Crippen molar-refractivity contribution >= 4 is 21.7 Å². The quantitative estimate of drug-likeness (QED) is 0.863. The van der Waals surface area contributed by atoms with Crippen molar-refractivity contribution in [2.45, 2.75) is 19.9 Å². The Balaban J connectivity index is 3.53. The second kappa shape index (κ2) is 4.22. The SMILES string of the molecule is CC(C)Nc1c(Br)c(=O)n(C)c(=O)n1C. The molecule has 0 fully saturated rings. The minimum absolute atomic E-state index is 0.152. The predicted molar refractivity (Wildman–Crippen MR) is 63.4 cm³/mol. The van der Waals surface area contributed by atoms with Crippen LogP contribution in [-0.2, 0) is 14.1 Å². The highest BCUT2D eigenvalue weighted by molar-refractivity contribution is 9.10. The number of aromatic nitrogens is 2.